The first kappa shape index (κ1) is 11.5. The van der Waals surface area contributed by atoms with Crippen molar-refractivity contribution in [3.63, 3.8) is 0 Å². The van der Waals surface area contributed by atoms with E-state index in [1.165, 1.54) is 0 Å². The molecule has 0 heterocycles. The summed E-state index contributed by atoms with van der Waals surface area (Å²) in [6.07, 6.45) is 0.370. The molecule has 0 amide bonds. The molecule has 0 radical (unpaired) electrons. The Morgan fingerprint density at radius 2 is 2.23 bits per heavy atom. The van der Waals surface area contributed by atoms with E-state index in [0.29, 0.717) is 17.9 Å². The maximum Gasteiger partial charge on any atom is 0.310 e. The molecular weight excluding hydrogens is 166 g/mol. The van der Waals surface area contributed by atoms with Crippen LogP contribution in [0.5, 0.6) is 5.75 Å². The molecule has 0 unspecified atom stereocenters. The fourth-order valence-electron chi connectivity index (χ4n) is 0.782. The van der Waals surface area contributed by atoms with Crippen molar-refractivity contribution in [2.24, 2.45) is 0 Å². The Morgan fingerprint density at radius 3 is 2.77 bits per heavy atom. The van der Waals surface area contributed by atoms with Crippen molar-refractivity contribution in [3.8, 4) is 5.75 Å². The lowest BCUT2D eigenvalue weighted by Crippen LogP contribution is -2.05. The predicted octanol–water partition coefficient (Wildman–Crippen LogP) is 2.22. The van der Waals surface area contributed by atoms with Gasteiger partial charge in [-0.1, -0.05) is 20.4 Å². The Kier molecular flexibility index (Phi) is 4.59. The maximum absolute atomic E-state index is 10.8. The van der Waals surface area contributed by atoms with Crippen molar-refractivity contribution >= 4 is 11.7 Å². The van der Waals surface area contributed by atoms with Gasteiger partial charge in [-0.15, -0.1) is 0 Å². The first-order chi connectivity index (χ1) is 5.72. The van der Waals surface area contributed by atoms with Crippen LogP contribution >= 0.6 is 0 Å². The van der Waals surface area contributed by atoms with Crippen LogP contribution in [0.3, 0.4) is 0 Å². The summed E-state index contributed by atoms with van der Waals surface area (Å²) in [5.74, 6) is 0.252. The van der Waals surface area contributed by atoms with Crippen molar-refractivity contribution in [2.75, 3.05) is 5.73 Å². The molecule has 0 saturated carbocycles. The number of ether oxygens (including phenoxy) is 1. The molecule has 1 rings (SSSR count). The van der Waals surface area contributed by atoms with E-state index in [9.17, 15) is 4.79 Å². The van der Waals surface area contributed by atoms with Crippen LogP contribution in [0.15, 0.2) is 24.3 Å². The summed E-state index contributed by atoms with van der Waals surface area (Å²) < 4.78 is 4.93. The molecule has 0 aliphatic heterocycles. The Morgan fingerprint density at radius 1 is 1.54 bits per heavy atom. The number of nitrogens with two attached hydrogens (primary N) is 1. The topological polar surface area (TPSA) is 52.3 Å². The molecule has 13 heavy (non-hydrogen) atoms. The zero-order valence-electron chi connectivity index (χ0n) is 6.91. The zero-order valence-corrected chi connectivity index (χ0v) is 6.91. The second-order valence-corrected chi connectivity index (χ2v) is 2.40. The standard InChI is InChI=1S/C9H11NO2.CH4/c1-2-9(11)12-8-5-3-4-7(10)6-8;/h3-6H,2,10H2,1H3;1H4. The Hall–Kier alpha value is -1.51. The van der Waals surface area contributed by atoms with Gasteiger partial charge in [0.1, 0.15) is 5.75 Å². The largest absolute Gasteiger partial charge is 0.426 e. The molecule has 1 aromatic rings. The highest BCUT2D eigenvalue weighted by atomic mass is 16.5. The molecule has 0 aliphatic rings. The van der Waals surface area contributed by atoms with Gasteiger partial charge in [0.15, 0.2) is 0 Å². The average Bonchev–Trinajstić information content (AvgIpc) is 2.04. The summed E-state index contributed by atoms with van der Waals surface area (Å²) in [6.45, 7) is 1.74. The van der Waals surface area contributed by atoms with E-state index in [2.05, 4.69) is 0 Å². The monoisotopic (exact) mass is 181 g/mol. The number of benzene rings is 1. The fraction of sp³-hybridized carbons (Fsp3) is 0.300. The lowest BCUT2D eigenvalue weighted by molar-refractivity contribution is -0.134. The van der Waals surface area contributed by atoms with Gasteiger partial charge >= 0.3 is 5.97 Å². The van der Waals surface area contributed by atoms with Crippen LogP contribution in [0.2, 0.25) is 0 Å². The van der Waals surface area contributed by atoms with E-state index in [4.69, 9.17) is 10.5 Å². The van der Waals surface area contributed by atoms with Crippen molar-refractivity contribution in [3.05, 3.63) is 24.3 Å². The first-order valence-electron chi connectivity index (χ1n) is 3.78. The summed E-state index contributed by atoms with van der Waals surface area (Å²) in [4.78, 5) is 10.8. The summed E-state index contributed by atoms with van der Waals surface area (Å²) in [7, 11) is 0. The summed E-state index contributed by atoms with van der Waals surface area (Å²) >= 11 is 0. The van der Waals surface area contributed by atoms with Crippen LogP contribution in [0.1, 0.15) is 20.8 Å². The minimum Gasteiger partial charge on any atom is -0.426 e. The molecule has 2 N–H and O–H groups in total. The van der Waals surface area contributed by atoms with Crippen molar-refractivity contribution in [1.82, 2.24) is 0 Å². The first-order valence-corrected chi connectivity index (χ1v) is 3.78. The summed E-state index contributed by atoms with van der Waals surface area (Å²) in [5, 5.41) is 0. The SMILES string of the molecule is C.CCC(=O)Oc1cccc(N)c1. The second kappa shape index (κ2) is 5.19. The van der Waals surface area contributed by atoms with E-state index in [0.717, 1.165) is 0 Å². The van der Waals surface area contributed by atoms with Gasteiger partial charge in [0.2, 0.25) is 0 Å². The highest BCUT2D eigenvalue weighted by Gasteiger charge is 2.00. The Bertz CT molecular complexity index is 284. The number of anilines is 1. The lowest BCUT2D eigenvalue weighted by Gasteiger charge is -2.02. The van der Waals surface area contributed by atoms with Crippen LogP contribution in [0.25, 0.3) is 0 Å². The average molecular weight is 181 g/mol. The van der Waals surface area contributed by atoms with Crippen molar-refractivity contribution in [1.29, 1.82) is 0 Å². The van der Waals surface area contributed by atoms with Crippen LogP contribution in [0, 0.1) is 0 Å². The molecule has 3 nitrogen and oxygen atoms in total. The molecule has 0 atom stereocenters. The molecule has 0 fully saturated rings. The molecule has 0 aromatic heterocycles. The van der Waals surface area contributed by atoms with E-state index >= 15 is 0 Å². The molecule has 0 aliphatic carbocycles. The number of hydrogen-bond donors (Lipinski definition) is 1. The third-order valence-corrected chi connectivity index (χ3v) is 1.38. The van der Waals surface area contributed by atoms with E-state index < -0.39 is 0 Å². The number of esters is 1. The van der Waals surface area contributed by atoms with Gasteiger partial charge in [-0.2, -0.15) is 0 Å². The number of carbonyl (C=O) groups excluding carboxylic acids is 1. The van der Waals surface area contributed by atoms with Gasteiger partial charge in [-0.05, 0) is 12.1 Å². The minimum atomic E-state index is -0.249. The van der Waals surface area contributed by atoms with Crippen LogP contribution in [0.4, 0.5) is 5.69 Å². The molecule has 0 bridgehead atoms. The van der Waals surface area contributed by atoms with Crippen LogP contribution < -0.4 is 10.5 Å². The van der Waals surface area contributed by atoms with Gasteiger partial charge in [-0.25, -0.2) is 0 Å². The number of hydrogen-bond acceptors (Lipinski definition) is 3. The van der Waals surface area contributed by atoms with Crippen molar-refractivity contribution in [2.45, 2.75) is 20.8 Å². The highest BCUT2D eigenvalue weighted by molar-refractivity contribution is 5.72. The third-order valence-electron chi connectivity index (χ3n) is 1.38. The quantitative estimate of drug-likeness (QED) is 0.432. The molecule has 0 spiro atoms. The third kappa shape index (κ3) is 3.60. The molecule has 1 aromatic carbocycles. The predicted molar refractivity (Wildman–Crippen MR) is 53.5 cm³/mol. The zero-order chi connectivity index (χ0) is 8.97. The Labute approximate surface area is 78.5 Å². The van der Waals surface area contributed by atoms with Gasteiger partial charge in [-0.3, -0.25) is 4.79 Å². The van der Waals surface area contributed by atoms with Gasteiger partial charge in [0.05, 0.1) is 0 Å². The summed E-state index contributed by atoms with van der Waals surface area (Å²) in [6, 6.07) is 6.80. The maximum atomic E-state index is 10.8. The van der Waals surface area contributed by atoms with E-state index in [1.54, 1.807) is 31.2 Å². The van der Waals surface area contributed by atoms with Crippen LogP contribution in [-0.4, -0.2) is 5.97 Å². The highest BCUT2D eigenvalue weighted by Crippen LogP contribution is 2.14. The molecule has 3 heteroatoms. The number of nitrogen functional groups attached to an aromatic ring is 1. The molecule has 72 valence electrons. The second-order valence-electron chi connectivity index (χ2n) is 2.40. The van der Waals surface area contributed by atoms with Gasteiger partial charge in [0, 0.05) is 18.2 Å². The van der Waals surface area contributed by atoms with Gasteiger partial charge < -0.3 is 10.5 Å². The number of carbonyl (C=O) groups is 1. The van der Waals surface area contributed by atoms with E-state index in [1.807, 2.05) is 0 Å². The van der Waals surface area contributed by atoms with Gasteiger partial charge in [0.25, 0.3) is 0 Å². The fourth-order valence-corrected chi connectivity index (χ4v) is 0.782. The smallest absolute Gasteiger partial charge is 0.310 e. The Balaban J connectivity index is 0.00000144. The lowest BCUT2D eigenvalue weighted by atomic mass is 10.3. The normalized spacial score (nSPS) is 8.69. The van der Waals surface area contributed by atoms with Crippen LogP contribution in [-0.2, 0) is 4.79 Å². The minimum absolute atomic E-state index is 0. The summed E-state index contributed by atoms with van der Waals surface area (Å²) in [5.41, 5.74) is 6.08. The molecular formula is C10H15NO2. The number of rotatable bonds is 2. The molecule has 0 saturated heterocycles. The van der Waals surface area contributed by atoms with Crippen molar-refractivity contribution < 1.29 is 9.53 Å². The van der Waals surface area contributed by atoms with E-state index in [-0.39, 0.29) is 13.4 Å².